The number of benzene rings is 2. The van der Waals surface area contributed by atoms with Crippen LogP contribution in [0.4, 0.5) is 0 Å². The first kappa shape index (κ1) is 20.8. The van der Waals surface area contributed by atoms with Crippen molar-refractivity contribution >= 4 is 22.6 Å². The van der Waals surface area contributed by atoms with E-state index < -0.39 is 0 Å². The Labute approximate surface area is 189 Å². The molecule has 5 nitrogen and oxygen atoms in total. The highest BCUT2D eigenvalue weighted by Crippen LogP contribution is 2.24. The van der Waals surface area contributed by atoms with Crippen molar-refractivity contribution in [3.05, 3.63) is 77.0 Å². The monoisotopic (exact) mass is 427 g/mol. The van der Waals surface area contributed by atoms with Gasteiger partial charge in [0.15, 0.2) is 5.78 Å². The Bertz CT molecular complexity index is 1140. The Kier molecular flexibility index (Phi) is 5.99. The molecule has 32 heavy (non-hydrogen) atoms. The molecule has 0 saturated carbocycles. The van der Waals surface area contributed by atoms with E-state index in [4.69, 9.17) is 0 Å². The van der Waals surface area contributed by atoms with Gasteiger partial charge in [-0.25, -0.2) is 0 Å². The third-order valence-corrected chi connectivity index (χ3v) is 6.82. The molecular weight excluding hydrogens is 398 g/mol. The van der Waals surface area contributed by atoms with E-state index in [-0.39, 0.29) is 11.7 Å². The quantitative estimate of drug-likeness (QED) is 0.558. The van der Waals surface area contributed by atoms with Crippen LogP contribution in [0.3, 0.4) is 0 Å². The fraction of sp³-hybridized carbons (Fsp3) is 0.370. The lowest BCUT2D eigenvalue weighted by molar-refractivity contribution is -0.132. The Morgan fingerprint density at radius 2 is 1.69 bits per heavy atom. The first-order chi connectivity index (χ1) is 15.7. The summed E-state index contributed by atoms with van der Waals surface area (Å²) < 4.78 is 0. The third-order valence-electron chi connectivity index (χ3n) is 6.82. The molecule has 2 aromatic carbocycles. The lowest BCUT2D eigenvalue weighted by atomic mass is 10.0. The molecule has 0 atom stereocenters. The SMILES string of the molecule is O=C(CCC(=O)N1CCN(Cc2cccc3cccnc23)CC1)c1ccc2c(c1)CCC2. The molecule has 1 aliphatic heterocycles. The molecule has 0 bridgehead atoms. The topological polar surface area (TPSA) is 53.5 Å². The Hall–Kier alpha value is -3.05. The number of Topliss-reactive ketones (excluding diaryl/α,β-unsaturated/α-hetero) is 1. The molecule has 3 aromatic rings. The number of ketones is 1. The minimum absolute atomic E-state index is 0.0788. The van der Waals surface area contributed by atoms with Crippen LogP contribution < -0.4 is 0 Å². The molecule has 2 aliphatic rings. The summed E-state index contributed by atoms with van der Waals surface area (Å²) >= 11 is 0. The first-order valence-electron chi connectivity index (χ1n) is 11.6. The number of hydrogen-bond donors (Lipinski definition) is 0. The van der Waals surface area contributed by atoms with E-state index >= 15 is 0 Å². The highest BCUT2D eigenvalue weighted by molar-refractivity contribution is 5.98. The largest absolute Gasteiger partial charge is 0.340 e. The number of aromatic nitrogens is 1. The first-order valence-corrected chi connectivity index (χ1v) is 11.6. The van der Waals surface area contributed by atoms with Crippen molar-refractivity contribution in [3.8, 4) is 0 Å². The van der Waals surface area contributed by atoms with Gasteiger partial charge in [-0.2, -0.15) is 0 Å². The summed E-state index contributed by atoms with van der Waals surface area (Å²) in [7, 11) is 0. The van der Waals surface area contributed by atoms with Crippen molar-refractivity contribution in [2.24, 2.45) is 0 Å². The maximum atomic E-state index is 12.7. The summed E-state index contributed by atoms with van der Waals surface area (Å²) in [5.41, 5.74) is 5.71. The third kappa shape index (κ3) is 4.44. The van der Waals surface area contributed by atoms with E-state index in [1.165, 1.54) is 23.1 Å². The van der Waals surface area contributed by atoms with Crippen LogP contribution in [-0.4, -0.2) is 52.7 Å². The molecule has 1 aromatic heterocycles. The number of hydrogen-bond acceptors (Lipinski definition) is 4. The lowest BCUT2D eigenvalue weighted by Gasteiger charge is -2.35. The number of aryl methyl sites for hydroxylation is 2. The second-order valence-electron chi connectivity index (χ2n) is 8.91. The molecule has 0 unspecified atom stereocenters. The molecule has 5 heteroatoms. The summed E-state index contributed by atoms with van der Waals surface area (Å²) in [6.07, 6.45) is 5.78. The smallest absolute Gasteiger partial charge is 0.223 e. The van der Waals surface area contributed by atoms with Crippen molar-refractivity contribution in [2.45, 2.75) is 38.6 Å². The van der Waals surface area contributed by atoms with Gasteiger partial charge in [-0.1, -0.05) is 36.4 Å². The van der Waals surface area contributed by atoms with Crippen LogP contribution in [0.15, 0.2) is 54.7 Å². The fourth-order valence-electron chi connectivity index (χ4n) is 4.96. The van der Waals surface area contributed by atoms with Crippen molar-refractivity contribution in [2.75, 3.05) is 26.2 Å². The van der Waals surface area contributed by atoms with E-state index in [2.05, 4.69) is 40.2 Å². The van der Waals surface area contributed by atoms with Crippen LogP contribution in [0.25, 0.3) is 10.9 Å². The minimum atomic E-state index is 0.0788. The molecule has 2 heterocycles. The van der Waals surface area contributed by atoms with E-state index in [0.717, 1.165) is 48.9 Å². The number of pyridine rings is 1. The zero-order chi connectivity index (χ0) is 21.9. The van der Waals surface area contributed by atoms with Gasteiger partial charge < -0.3 is 4.90 Å². The van der Waals surface area contributed by atoms with Gasteiger partial charge >= 0.3 is 0 Å². The predicted molar refractivity (Wildman–Crippen MR) is 126 cm³/mol. The molecule has 1 fully saturated rings. The van der Waals surface area contributed by atoms with E-state index in [1.54, 1.807) is 0 Å². The number of carbonyl (C=O) groups excluding carboxylic acids is 2. The fourth-order valence-corrected chi connectivity index (χ4v) is 4.96. The van der Waals surface area contributed by atoms with Crippen LogP contribution >= 0.6 is 0 Å². The summed E-state index contributed by atoms with van der Waals surface area (Å²) in [4.78, 5) is 34.2. The normalized spacial score (nSPS) is 16.3. The van der Waals surface area contributed by atoms with Gasteiger partial charge in [-0.3, -0.25) is 19.5 Å². The zero-order valence-corrected chi connectivity index (χ0v) is 18.4. The minimum Gasteiger partial charge on any atom is -0.340 e. The Morgan fingerprint density at radius 1 is 0.875 bits per heavy atom. The van der Waals surface area contributed by atoms with E-state index in [1.807, 2.05) is 29.3 Å². The molecule has 1 saturated heterocycles. The number of carbonyl (C=O) groups is 2. The van der Waals surface area contributed by atoms with E-state index in [9.17, 15) is 9.59 Å². The highest BCUT2D eigenvalue weighted by atomic mass is 16.2. The van der Waals surface area contributed by atoms with Crippen molar-refractivity contribution in [3.63, 3.8) is 0 Å². The maximum Gasteiger partial charge on any atom is 0.223 e. The van der Waals surface area contributed by atoms with Crippen LogP contribution in [-0.2, 0) is 24.2 Å². The van der Waals surface area contributed by atoms with E-state index in [0.29, 0.717) is 25.9 Å². The number of fused-ring (bicyclic) bond motifs is 2. The number of amides is 1. The average Bonchev–Trinajstić information content (AvgIpc) is 3.31. The van der Waals surface area contributed by atoms with Crippen molar-refractivity contribution in [1.82, 2.24) is 14.8 Å². The molecule has 1 amide bonds. The Balaban J connectivity index is 1.12. The van der Waals surface area contributed by atoms with Gasteiger partial charge in [-0.05, 0) is 48.1 Å². The molecule has 5 rings (SSSR count). The van der Waals surface area contributed by atoms with Gasteiger partial charge in [0.2, 0.25) is 5.91 Å². The van der Waals surface area contributed by atoms with Gasteiger partial charge in [-0.15, -0.1) is 0 Å². The zero-order valence-electron chi connectivity index (χ0n) is 18.4. The molecule has 0 radical (unpaired) electrons. The van der Waals surface area contributed by atoms with Crippen LogP contribution in [0.2, 0.25) is 0 Å². The highest BCUT2D eigenvalue weighted by Gasteiger charge is 2.22. The summed E-state index contributed by atoms with van der Waals surface area (Å²) in [5, 5.41) is 1.16. The lowest BCUT2D eigenvalue weighted by Crippen LogP contribution is -2.48. The molecule has 164 valence electrons. The van der Waals surface area contributed by atoms with Gasteiger partial charge in [0.05, 0.1) is 5.52 Å². The second kappa shape index (κ2) is 9.21. The van der Waals surface area contributed by atoms with Crippen LogP contribution in [0, 0.1) is 0 Å². The number of nitrogens with zero attached hydrogens (tertiary/aromatic N) is 3. The molecule has 1 aliphatic carbocycles. The van der Waals surface area contributed by atoms with Crippen molar-refractivity contribution < 1.29 is 9.59 Å². The molecular formula is C27H29N3O2. The standard InChI is InChI=1S/C27H29N3O2/c31-25(23-10-9-20-4-1-6-22(20)18-23)11-12-26(32)30-16-14-29(15-17-30)19-24-7-2-5-21-8-3-13-28-27(21)24/h2-3,5,7-10,13,18H,1,4,6,11-12,14-17,19H2. The average molecular weight is 428 g/mol. The predicted octanol–water partition coefficient (Wildman–Crippen LogP) is 4.03. The molecule has 0 spiro atoms. The summed E-state index contributed by atoms with van der Waals surface area (Å²) in [5.74, 6) is 0.168. The van der Waals surface area contributed by atoms with Crippen molar-refractivity contribution in [1.29, 1.82) is 0 Å². The van der Waals surface area contributed by atoms with Gasteiger partial charge in [0.25, 0.3) is 0 Å². The van der Waals surface area contributed by atoms with Crippen LogP contribution in [0.5, 0.6) is 0 Å². The summed E-state index contributed by atoms with van der Waals surface area (Å²) in [6.45, 7) is 3.95. The summed E-state index contributed by atoms with van der Waals surface area (Å²) in [6, 6.07) is 16.4. The Morgan fingerprint density at radius 3 is 2.56 bits per heavy atom. The number of piperazine rings is 1. The van der Waals surface area contributed by atoms with Crippen LogP contribution in [0.1, 0.15) is 46.3 Å². The number of para-hydroxylation sites is 1. The maximum absolute atomic E-state index is 12.7. The van der Waals surface area contributed by atoms with Gasteiger partial charge in [0, 0.05) is 62.7 Å². The second-order valence-corrected chi connectivity index (χ2v) is 8.91. The number of rotatable bonds is 6. The van der Waals surface area contributed by atoms with Gasteiger partial charge in [0.1, 0.15) is 0 Å². The molecule has 0 N–H and O–H groups in total.